The summed E-state index contributed by atoms with van der Waals surface area (Å²) < 4.78 is 18.9. The highest BCUT2D eigenvalue weighted by Gasteiger charge is 2.13. The van der Waals surface area contributed by atoms with E-state index < -0.39 is 6.03 Å². The van der Waals surface area contributed by atoms with Crippen LogP contribution in [0.3, 0.4) is 0 Å². The van der Waals surface area contributed by atoms with Gasteiger partial charge in [0, 0.05) is 24.9 Å². The number of hydrogen-bond donors (Lipinski definition) is 2. The lowest BCUT2D eigenvalue weighted by atomic mass is 10.1. The van der Waals surface area contributed by atoms with E-state index in [4.69, 9.17) is 10.5 Å². The van der Waals surface area contributed by atoms with Gasteiger partial charge in [-0.1, -0.05) is 0 Å². The SMILES string of the molecule is CN(C(N)=O)c1cc(Oc2cn[nH]c2-c2ccc(F)cc2)ccn1. The van der Waals surface area contributed by atoms with Crippen molar-refractivity contribution in [3.05, 3.63) is 54.6 Å². The monoisotopic (exact) mass is 327 g/mol. The number of nitrogens with one attached hydrogen (secondary N) is 1. The van der Waals surface area contributed by atoms with Crippen molar-refractivity contribution in [3.8, 4) is 22.8 Å². The quantitative estimate of drug-likeness (QED) is 0.770. The van der Waals surface area contributed by atoms with Crippen LogP contribution in [0.5, 0.6) is 11.5 Å². The first-order chi connectivity index (χ1) is 11.5. The summed E-state index contributed by atoms with van der Waals surface area (Å²) in [7, 11) is 1.51. The maximum Gasteiger partial charge on any atom is 0.320 e. The number of urea groups is 1. The minimum atomic E-state index is -0.630. The van der Waals surface area contributed by atoms with E-state index in [1.54, 1.807) is 24.3 Å². The Bertz CT molecular complexity index is 863. The van der Waals surface area contributed by atoms with E-state index in [1.807, 2.05) is 0 Å². The van der Waals surface area contributed by atoms with Gasteiger partial charge in [0.15, 0.2) is 5.75 Å². The fourth-order valence-electron chi connectivity index (χ4n) is 2.06. The Hall–Kier alpha value is -3.42. The first-order valence-corrected chi connectivity index (χ1v) is 7.01. The zero-order valence-corrected chi connectivity index (χ0v) is 12.7. The second-order valence-corrected chi connectivity index (χ2v) is 4.97. The van der Waals surface area contributed by atoms with E-state index in [-0.39, 0.29) is 5.82 Å². The maximum atomic E-state index is 13.1. The fraction of sp³-hybridized carbons (Fsp3) is 0.0625. The molecule has 0 spiro atoms. The van der Waals surface area contributed by atoms with Gasteiger partial charge in [-0.15, -0.1) is 0 Å². The first kappa shape index (κ1) is 15.5. The second-order valence-electron chi connectivity index (χ2n) is 4.97. The van der Waals surface area contributed by atoms with Gasteiger partial charge in [-0.05, 0) is 30.3 Å². The largest absolute Gasteiger partial charge is 0.453 e. The molecule has 0 aliphatic carbocycles. The molecule has 24 heavy (non-hydrogen) atoms. The molecule has 0 fully saturated rings. The molecule has 2 aromatic heterocycles. The van der Waals surface area contributed by atoms with E-state index in [0.717, 1.165) is 5.56 Å². The molecule has 0 aliphatic heterocycles. The number of H-pyrrole nitrogens is 1. The summed E-state index contributed by atoms with van der Waals surface area (Å²) in [5.41, 5.74) is 6.56. The van der Waals surface area contributed by atoms with Crippen LogP contribution in [0.15, 0.2) is 48.8 Å². The van der Waals surface area contributed by atoms with Crippen LogP contribution in [0.1, 0.15) is 0 Å². The predicted octanol–water partition coefficient (Wildman–Crippen LogP) is 2.92. The van der Waals surface area contributed by atoms with E-state index in [0.29, 0.717) is 23.0 Å². The molecule has 3 rings (SSSR count). The van der Waals surface area contributed by atoms with Crippen LogP contribution in [0, 0.1) is 5.82 Å². The fourth-order valence-corrected chi connectivity index (χ4v) is 2.06. The molecule has 0 atom stereocenters. The van der Waals surface area contributed by atoms with Crippen molar-refractivity contribution in [2.24, 2.45) is 5.73 Å². The molecule has 0 radical (unpaired) electrons. The van der Waals surface area contributed by atoms with Crippen molar-refractivity contribution in [1.82, 2.24) is 15.2 Å². The molecule has 3 N–H and O–H groups in total. The molecule has 0 saturated carbocycles. The molecule has 3 aromatic rings. The third-order valence-electron chi connectivity index (χ3n) is 3.36. The molecule has 8 heteroatoms. The summed E-state index contributed by atoms with van der Waals surface area (Å²) in [6, 6.07) is 8.53. The van der Waals surface area contributed by atoms with Gasteiger partial charge >= 0.3 is 6.03 Å². The number of carbonyl (C=O) groups excluding carboxylic acids is 1. The summed E-state index contributed by atoms with van der Waals surface area (Å²) in [5.74, 6) is 0.944. The number of ether oxygens (including phenoxy) is 1. The lowest BCUT2D eigenvalue weighted by Gasteiger charge is -2.14. The molecule has 0 aliphatic rings. The summed E-state index contributed by atoms with van der Waals surface area (Å²) in [6.07, 6.45) is 3.01. The number of benzene rings is 1. The number of aromatic nitrogens is 3. The Balaban J connectivity index is 1.88. The van der Waals surface area contributed by atoms with Gasteiger partial charge in [-0.2, -0.15) is 5.10 Å². The number of carbonyl (C=O) groups is 1. The number of primary amides is 1. The highest BCUT2D eigenvalue weighted by molar-refractivity contribution is 5.89. The highest BCUT2D eigenvalue weighted by Crippen LogP contribution is 2.32. The molecular formula is C16H14FN5O2. The van der Waals surface area contributed by atoms with E-state index in [2.05, 4.69) is 15.2 Å². The van der Waals surface area contributed by atoms with Crippen LogP contribution in [-0.2, 0) is 0 Å². The van der Waals surface area contributed by atoms with Crippen molar-refractivity contribution >= 4 is 11.8 Å². The zero-order valence-electron chi connectivity index (χ0n) is 12.7. The van der Waals surface area contributed by atoms with Gasteiger partial charge in [0.1, 0.15) is 23.1 Å². The number of halogens is 1. The van der Waals surface area contributed by atoms with Crippen LogP contribution in [0.2, 0.25) is 0 Å². The first-order valence-electron chi connectivity index (χ1n) is 7.01. The molecular weight excluding hydrogens is 313 g/mol. The van der Waals surface area contributed by atoms with E-state index in [1.165, 1.54) is 36.5 Å². The number of nitrogens with zero attached hydrogens (tertiary/aromatic N) is 3. The van der Waals surface area contributed by atoms with Gasteiger partial charge in [0.05, 0.1) is 6.20 Å². The summed E-state index contributed by atoms with van der Waals surface area (Å²) >= 11 is 0. The van der Waals surface area contributed by atoms with Gasteiger partial charge < -0.3 is 10.5 Å². The van der Waals surface area contributed by atoms with Gasteiger partial charge in [-0.25, -0.2) is 14.2 Å². The van der Waals surface area contributed by atoms with Crippen LogP contribution in [-0.4, -0.2) is 28.3 Å². The van der Waals surface area contributed by atoms with E-state index in [9.17, 15) is 9.18 Å². The summed E-state index contributed by atoms with van der Waals surface area (Å²) in [6.45, 7) is 0. The summed E-state index contributed by atoms with van der Waals surface area (Å²) in [5, 5.41) is 6.78. The minimum Gasteiger partial charge on any atom is -0.453 e. The Kier molecular flexibility index (Phi) is 4.11. The minimum absolute atomic E-state index is 0.325. The number of rotatable bonds is 4. The lowest BCUT2D eigenvalue weighted by molar-refractivity contribution is 0.255. The molecule has 122 valence electrons. The average Bonchev–Trinajstić information content (AvgIpc) is 3.03. The van der Waals surface area contributed by atoms with Gasteiger partial charge in [-0.3, -0.25) is 10.00 Å². The zero-order chi connectivity index (χ0) is 17.1. The van der Waals surface area contributed by atoms with Crippen molar-refractivity contribution in [2.75, 3.05) is 11.9 Å². The van der Waals surface area contributed by atoms with Crippen LogP contribution in [0.25, 0.3) is 11.3 Å². The van der Waals surface area contributed by atoms with Crippen molar-refractivity contribution < 1.29 is 13.9 Å². The maximum absolute atomic E-state index is 13.1. The standard InChI is InChI=1S/C16H14FN5O2/c1-22(16(18)23)14-8-12(6-7-19-14)24-13-9-20-21-15(13)10-2-4-11(17)5-3-10/h2-9H,1H3,(H2,18,23)(H,20,21). The Morgan fingerprint density at radius 1 is 1.29 bits per heavy atom. The molecule has 7 nitrogen and oxygen atoms in total. The molecule has 0 saturated heterocycles. The Morgan fingerprint density at radius 2 is 2.04 bits per heavy atom. The van der Waals surface area contributed by atoms with Crippen LogP contribution in [0.4, 0.5) is 15.0 Å². The molecule has 1 aromatic carbocycles. The number of hydrogen-bond acceptors (Lipinski definition) is 4. The topological polar surface area (TPSA) is 97.1 Å². The van der Waals surface area contributed by atoms with Crippen molar-refractivity contribution in [1.29, 1.82) is 0 Å². The second kappa shape index (κ2) is 6.37. The van der Waals surface area contributed by atoms with Crippen LogP contribution >= 0.6 is 0 Å². The molecule has 2 heterocycles. The number of amides is 2. The summed E-state index contributed by atoms with van der Waals surface area (Å²) in [4.78, 5) is 16.5. The van der Waals surface area contributed by atoms with Gasteiger partial charge in [0.2, 0.25) is 0 Å². The van der Waals surface area contributed by atoms with Crippen molar-refractivity contribution in [3.63, 3.8) is 0 Å². The third-order valence-corrected chi connectivity index (χ3v) is 3.36. The van der Waals surface area contributed by atoms with E-state index >= 15 is 0 Å². The number of aromatic amines is 1. The predicted molar refractivity (Wildman–Crippen MR) is 86.3 cm³/mol. The van der Waals surface area contributed by atoms with Gasteiger partial charge in [0.25, 0.3) is 0 Å². The third kappa shape index (κ3) is 3.17. The molecule has 0 bridgehead atoms. The normalized spacial score (nSPS) is 10.4. The average molecular weight is 327 g/mol. The smallest absolute Gasteiger partial charge is 0.320 e. The highest BCUT2D eigenvalue weighted by atomic mass is 19.1. The van der Waals surface area contributed by atoms with Crippen LogP contribution < -0.4 is 15.4 Å². The molecule has 0 unspecified atom stereocenters. The Morgan fingerprint density at radius 3 is 2.75 bits per heavy atom. The Labute approximate surface area is 136 Å². The van der Waals surface area contributed by atoms with Crippen molar-refractivity contribution in [2.45, 2.75) is 0 Å². The number of pyridine rings is 1. The lowest BCUT2D eigenvalue weighted by Crippen LogP contribution is -2.32. The number of nitrogens with two attached hydrogens (primary N) is 1. The number of anilines is 1. The molecule has 2 amide bonds.